The fourth-order valence-electron chi connectivity index (χ4n) is 1.09. The number of ether oxygens (including phenoxy) is 2. The SMILES string of the molecule is C=CC(=O)OCC.CC(C)(C)CN.CCOC(=O)CCNCC(C)(C)C. The van der Waals surface area contributed by atoms with E-state index in [0.29, 0.717) is 31.6 Å². The van der Waals surface area contributed by atoms with Crippen LogP contribution in [0.25, 0.3) is 0 Å². The Morgan fingerprint density at radius 1 is 1.00 bits per heavy atom. The second kappa shape index (κ2) is 17.0. The largest absolute Gasteiger partial charge is 0.466 e. The smallest absolute Gasteiger partial charge is 0.330 e. The summed E-state index contributed by atoms with van der Waals surface area (Å²) in [6.45, 7) is 22.9. The highest BCUT2D eigenvalue weighted by Gasteiger charge is 2.09. The molecule has 0 aromatic rings. The predicted molar refractivity (Wildman–Crippen MR) is 109 cm³/mol. The summed E-state index contributed by atoms with van der Waals surface area (Å²) in [6.07, 6.45) is 1.60. The van der Waals surface area contributed by atoms with E-state index >= 15 is 0 Å². The van der Waals surface area contributed by atoms with Crippen molar-refractivity contribution in [2.45, 2.75) is 61.8 Å². The lowest BCUT2D eigenvalue weighted by atomic mass is 9.97. The van der Waals surface area contributed by atoms with Crippen LogP contribution in [0.1, 0.15) is 61.8 Å². The molecule has 0 aliphatic heterocycles. The predicted octanol–water partition coefficient (Wildman–Crippen LogP) is 3.30. The molecule has 0 aromatic heterocycles. The molecule has 0 fully saturated rings. The zero-order chi connectivity index (χ0) is 21.2. The molecular weight excluding hydrogens is 332 g/mol. The third-order valence-electron chi connectivity index (χ3n) is 2.53. The van der Waals surface area contributed by atoms with Crippen LogP contribution in [-0.4, -0.2) is 44.8 Å². The highest BCUT2D eigenvalue weighted by molar-refractivity contribution is 5.81. The molecule has 0 spiro atoms. The lowest BCUT2D eigenvalue weighted by molar-refractivity contribution is -0.143. The third-order valence-corrected chi connectivity index (χ3v) is 2.53. The monoisotopic (exact) mass is 374 g/mol. The molecule has 3 N–H and O–H groups in total. The van der Waals surface area contributed by atoms with Crippen molar-refractivity contribution in [3.05, 3.63) is 12.7 Å². The van der Waals surface area contributed by atoms with Gasteiger partial charge in [-0.05, 0) is 31.2 Å². The molecule has 0 saturated carbocycles. The number of esters is 2. The number of carbonyl (C=O) groups excluding carboxylic acids is 2. The maximum atomic E-state index is 10.9. The first kappa shape index (κ1) is 29.4. The first-order chi connectivity index (χ1) is 11.8. The maximum Gasteiger partial charge on any atom is 0.330 e. The van der Waals surface area contributed by atoms with E-state index < -0.39 is 0 Å². The molecule has 0 atom stereocenters. The number of hydrogen-bond donors (Lipinski definition) is 2. The molecule has 0 heterocycles. The normalized spacial score (nSPS) is 10.5. The number of hydrogen-bond acceptors (Lipinski definition) is 6. The Hall–Kier alpha value is -1.40. The van der Waals surface area contributed by atoms with Gasteiger partial charge in [-0.2, -0.15) is 0 Å². The van der Waals surface area contributed by atoms with Gasteiger partial charge >= 0.3 is 11.9 Å². The molecule has 0 amide bonds. The van der Waals surface area contributed by atoms with Crippen LogP contribution < -0.4 is 11.1 Å². The van der Waals surface area contributed by atoms with Crippen molar-refractivity contribution in [1.82, 2.24) is 5.32 Å². The standard InChI is InChI=1S/C10H21NO2.C5H13N.C5H8O2/c1-5-13-9(12)6-7-11-8-10(2,3)4;1-5(2,3)4-6;1-3-5(6)7-4-2/h11H,5-8H2,1-4H3;4,6H2,1-3H3;3H,1,4H2,2H3. The Labute approximate surface area is 160 Å². The molecule has 0 aliphatic rings. The van der Waals surface area contributed by atoms with Gasteiger partial charge in [-0.1, -0.05) is 48.1 Å². The van der Waals surface area contributed by atoms with E-state index in [2.05, 4.69) is 58.2 Å². The first-order valence-electron chi connectivity index (χ1n) is 9.18. The zero-order valence-electron chi connectivity index (χ0n) is 18.2. The minimum absolute atomic E-state index is 0.121. The summed E-state index contributed by atoms with van der Waals surface area (Å²) in [5.41, 5.74) is 5.90. The van der Waals surface area contributed by atoms with Gasteiger partial charge in [0.2, 0.25) is 0 Å². The van der Waals surface area contributed by atoms with Gasteiger partial charge in [-0.3, -0.25) is 4.79 Å². The molecule has 6 nitrogen and oxygen atoms in total. The van der Waals surface area contributed by atoms with Crippen molar-refractivity contribution < 1.29 is 19.1 Å². The first-order valence-corrected chi connectivity index (χ1v) is 9.18. The summed E-state index contributed by atoms with van der Waals surface area (Å²) < 4.78 is 9.23. The molecule has 0 aliphatic carbocycles. The van der Waals surface area contributed by atoms with Crippen LogP contribution in [0.4, 0.5) is 0 Å². The van der Waals surface area contributed by atoms with E-state index in [1.165, 1.54) is 0 Å². The zero-order valence-corrected chi connectivity index (χ0v) is 18.2. The summed E-state index contributed by atoms with van der Waals surface area (Å²) in [6, 6.07) is 0. The van der Waals surface area contributed by atoms with Gasteiger partial charge in [0, 0.05) is 19.2 Å². The molecule has 0 bridgehead atoms. The van der Waals surface area contributed by atoms with E-state index in [-0.39, 0.29) is 17.4 Å². The van der Waals surface area contributed by atoms with Crippen LogP contribution in [0.15, 0.2) is 12.7 Å². The van der Waals surface area contributed by atoms with Gasteiger partial charge in [-0.15, -0.1) is 0 Å². The van der Waals surface area contributed by atoms with Crippen molar-refractivity contribution in [3.63, 3.8) is 0 Å². The van der Waals surface area contributed by atoms with Crippen LogP contribution in [0, 0.1) is 10.8 Å². The Kier molecular flexibility index (Phi) is 19.2. The molecule has 0 rings (SSSR count). The quantitative estimate of drug-likeness (QED) is 0.404. The molecule has 0 saturated heterocycles. The Bertz CT molecular complexity index is 369. The lowest BCUT2D eigenvalue weighted by Gasteiger charge is -2.18. The minimum Gasteiger partial charge on any atom is -0.466 e. The van der Waals surface area contributed by atoms with Gasteiger partial charge in [0.15, 0.2) is 0 Å². The highest BCUT2D eigenvalue weighted by atomic mass is 16.5. The summed E-state index contributed by atoms with van der Waals surface area (Å²) in [7, 11) is 0. The van der Waals surface area contributed by atoms with Crippen molar-refractivity contribution in [2.75, 3.05) is 32.8 Å². The van der Waals surface area contributed by atoms with Gasteiger partial charge < -0.3 is 20.5 Å². The Balaban J connectivity index is -0.000000342. The summed E-state index contributed by atoms with van der Waals surface area (Å²) in [4.78, 5) is 21.0. The highest BCUT2D eigenvalue weighted by Crippen LogP contribution is 2.10. The number of nitrogens with two attached hydrogens (primary N) is 1. The number of nitrogens with one attached hydrogen (secondary N) is 1. The Morgan fingerprint density at radius 2 is 1.46 bits per heavy atom. The van der Waals surface area contributed by atoms with Crippen molar-refractivity contribution in [3.8, 4) is 0 Å². The average Bonchev–Trinajstić information content (AvgIpc) is 2.52. The van der Waals surface area contributed by atoms with Crippen molar-refractivity contribution in [1.29, 1.82) is 0 Å². The van der Waals surface area contributed by atoms with E-state index in [1.807, 2.05) is 6.92 Å². The molecule has 0 aromatic carbocycles. The second-order valence-electron chi connectivity index (χ2n) is 8.01. The lowest BCUT2D eigenvalue weighted by Crippen LogP contribution is -2.28. The molecule has 156 valence electrons. The van der Waals surface area contributed by atoms with Gasteiger partial charge in [0.05, 0.1) is 19.6 Å². The summed E-state index contributed by atoms with van der Waals surface area (Å²) in [5.74, 6) is -0.480. The minimum atomic E-state index is -0.359. The summed E-state index contributed by atoms with van der Waals surface area (Å²) >= 11 is 0. The van der Waals surface area contributed by atoms with Gasteiger partial charge in [0.1, 0.15) is 0 Å². The van der Waals surface area contributed by atoms with E-state index in [0.717, 1.165) is 19.2 Å². The Morgan fingerprint density at radius 3 is 1.73 bits per heavy atom. The molecule has 0 unspecified atom stereocenters. The van der Waals surface area contributed by atoms with Gasteiger partial charge in [-0.25, -0.2) is 4.79 Å². The van der Waals surface area contributed by atoms with Gasteiger partial charge in [0.25, 0.3) is 0 Å². The molecule has 0 radical (unpaired) electrons. The third kappa shape index (κ3) is 34.0. The van der Waals surface area contributed by atoms with Crippen molar-refractivity contribution in [2.24, 2.45) is 16.6 Å². The fourth-order valence-corrected chi connectivity index (χ4v) is 1.09. The topological polar surface area (TPSA) is 90.7 Å². The number of carbonyl (C=O) groups is 2. The van der Waals surface area contributed by atoms with E-state index in [9.17, 15) is 9.59 Å². The summed E-state index contributed by atoms with van der Waals surface area (Å²) in [5, 5.41) is 3.21. The average molecular weight is 375 g/mol. The second-order valence-corrected chi connectivity index (χ2v) is 8.01. The van der Waals surface area contributed by atoms with E-state index in [1.54, 1.807) is 6.92 Å². The fraction of sp³-hybridized carbons (Fsp3) is 0.800. The van der Waals surface area contributed by atoms with Crippen LogP contribution in [0.2, 0.25) is 0 Å². The van der Waals surface area contributed by atoms with E-state index in [4.69, 9.17) is 10.5 Å². The molecule has 6 heteroatoms. The number of rotatable bonds is 7. The van der Waals surface area contributed by atoms with Crippen LogP contribution >= 0.6 is 0 Å². The maximum absolute atomic E-state index is 10.9. The van der Waals surface area contributed by atoms with Crippen LogP contribution in [0.5, 0.6) is 0 Å². The van der Waals surface area contributed by atoms with Crippen LogP contribution in [-0.2, 0) is 19.1 Å². The van der Waals surface area contributed by atoms with Crippen LogP contribution in [0.3, 0.4) is 0 Å². The molecule has 26 heavy (non-hydrogen) atoms. The molecular formula is C20H42N2O4. The van der Waals surface area contributed by atoms with Crippen molar-refractivity contribution >= 4 is 11.9 Å².